The Hall–Kier alpha value is -0.810. The molecule has 118 valence electrons. The lowest BCUT2D eigenvalue weighted by Crippen LogP contribution is -2.53. The number of carbonyl (C=O) groups is 2. The molecule has 0 bridgehead atoms. The van der Waals surface area contributed by atoms with E-state index in [1.165, 1.54) is 0 Å². The van der Waals surface area contributed by atoms with Gasteiger partial charge in [-0.25, -0.2) is 0 Å². The molecular weight excluding hydrogens is 278 g/mol. The van der Waals surface area contributed by atoms with Gasteiger partial charge in [0.1, 0.15) is 6.04 Å². The molecule has 0 aliphatic carbocycles. The third-order valence-electron chi connectivity index (χ3n) is 3.56. The number of nitrogens with one attached hydrogen (secondary N) is 2. The number of amides is 2. The number of hydrogen-bond donors (Lipinski definition) is 2. The maximum Gasteiger partial charge on any atom is 0.242 e. The van der Waals surface area contributed by atoms with E-state index in [2.05, 4.69) is 10.6 Å². The smallest absolute Gasteiger partial charge is 0.242 e. The van der Waals surface area contributed by atoms with Crippen LogP contribution in [-0.2, 0) is 9.59 Å². The molecule has 0 radical (unpaired) electrons. The molecule has 0 saturated carbocycles. The first-order valence-electron chi connectivity index (χ1n) is 7.40. The molecule has 2 N–H and O–H groups in total. The quantitative estimate of drug-likeness (QED) is 0.778. The maximum absolute atomic E-state index is 12.2. The molecule has 0 aromatic heterocycles. The van der Waals surface area contributed by atoms with Crippen LogP contribution in [0.15, 0.2) is 0 Å². The van der Waals surface area contributed by atoms with Crippen LogP contribution < -0.4 is 10.6 Å². The van der Waals surface area contributed by atoms with Gasteiger partial charge in [-0.1, -0.05) is 13.8 Å². The Bertz CT molecular complexity index is 313. The number of hydrogen-bond acceptors (Lipinski definition) is 3. The van der Waals surface area contributed by atoms with Gasteiger partial charge in [0.2, 0.25) is 11.8 Å². The highest BCUT2D eigenvalue weighted by molar-refractivity contribution is 5.87. The minimum Gasteiger partial charge on any atom is -0.353 e. The number of likely N-dealkylation sites (N-methyl/N-ethyl adjacent to an activating group) is 1. The Morgan fingerprint density at radius 3 is 2.60 bits per heavy atom. The molecule has 0 aromatic rings. The zero-order valence-electron chi connectivity index (χ0n) is 12.8. The number of likely N-dealkylation sites (tertiary alicyclic amines) is 1. The fourth-order valence-electron chi connectivity index (χ4n) is 2.50. The molecule has 6 heteroatoms. The van der Waals surface area contributed by atoms with Crippen molar-refractivity contribution in [2.45, 2.75) is 58.5 Å². The summed E-state index contributed by atoms with van der Waals surface area (Å²) in [6.07, 6.45) is 3.28. The number of carbonyl (C=O) groups excluding carboxylic acids is 2. The first-order valence-corrected chi connectivity index (χ1v) is 7.40. The highest BCUT2D eigenvalue weighted by atomic mass is 35.5. The molecule has 1 rings (SSSR count). The summed E-state index contributed by atoms with van der Waals surface area (Å²) >= 11 is 0. The second-order valence-electron chi connectivity index (χ2n) is 5.16. The van der Waals surface area contributed by atoms with Crippen molar-refractivity contribution in [3.05, 3.63) is 0 Å². The van der Waals surface area contributed by atoms with E-state index in [1.807, 2.05) is 20.8 Å². The molecule has 1 heterocycles. The normalized spacial score (nSPS) is 19.9. The first-order chi connectivity index (χ1) is 9.10. The average Bonchev–Trinajstić information content (AvgIpc) is 2.44. The van der Waals surface area contributed by atoms with Crippen molar-refractivity contribution in [1.29, 1.82) is 0 Å². The molecule has 20 heavy (non-hydrogen) atoms. The van der Waals surface area contributed by atoms with Crippen molar-refractivity contribution in [1.82, 2.24) is 15.5 Å². The Labute approximate surface area is 128 Å². The topological polar surface area (TPSA) is 61.4 Å². The van der Waals surface area contributed by atoms with Gasteiger partial charge in [-0.05, 0) is 32.7 Å². The maximum atomic E-state index is 12.2. The molecule has 2 atom stereocenters. The average molecular weight is 306 g/mol. The van der Waals surface area contributed by atoms with Crippen molar-refractivity contribution in [2.75, 3.05) is 19.6 Å². The Morgan fingerprint density at radius 2 is 2.00 bits per heavy atom. The molecule has 5 nitrogen and oxygen atoms in total. The SMILES string of the molecule is CCN[C@H](C)CNC(=O)C1CCCCN1C(=O)CC.Cl. The van der Waals surface area contributed by atoms with Crippen LogP contribution in [0.3, 0.4) is 0 Å². The zero-order valence-corrected chi connectivity index (χ0v) is 13.6. The largest absolute Gasteiger partial charge is 0.353 e. The monoisotopic (exact) mass is 305 g/mol. The van der Waals surface area contributed by atoms with Crippen LogP contribution in [-0.4, -0.2) is 48.4 Å². The van der Waals surface area contributed by atoms with Gasteiger partial charge in [0.15, 0.2) is 0 Å². The van der Waals surface area contributed by atoms with E-state index in [0.717, 1.165) is 25.8 Å². The summed E-state index contributed by atoms with van der Waals surface area (Å²) < 4.78 is 0. The van der Waals surface area contributed by atoms with E-state index >= 15 is 0 Å². The highest BCUT2D eigenvalue weighted by Crippen LogP contribution is 2.18. The number of halogens is 1. The van der Waals surface area contributed by atoms with Crippen molar-refractivity contribution in [2.24, 2.45) is 0 Å². The third-order valence-corrected chi connectivity index (χ3v) is 3.56. The van der Waals surface area contributed by atoms with Crippen LogP contribution in [0.5, 0.6) is 0 Å². The van der Waals surface area contributed by atoms with Crippen LogP contribution in [0.1, 0.15) is 46.5 Å². The van der Waals surface area contributed by atoms with E-state index in [9.17, 15) is 9.59 Å². The first kappa shape index (κ1) is 19.2. The summed E-state index contributed by atoms with van der Waals surface area (Å²) in [4.78, 5) is 25.8. The minimum absolute atomic E-state index is 0. The molecule has 1 aliphatic rings. The lowest BCUT2D eigenvalue weighted by Gasteiger charge is -2.34. The summed E-state index contributed by atoms with van der Waals surface area (Å²) in [6, 6.07) is -0.0112. The fraction of sp³-hybridized carbons (Fsp3) is 0.857. The molecule has 0 spiro atoms. The van der Waals surface area contributed by atoms with E-state index < -0.39 is 0 Å². The minimum atomic E-state index is -0.268. The zero-order chi connectivity index (χ0) is 14.3. The van der Waals surface area contributed by atoms with Gasteiger partial charge >= 0.3 is 0 Å². The van der Waals surface area contributed by atoms with Gasteiger partial charge < -0.3 is 15.5 Å². The van der Waals surface area contributed by atoms with Crippen LogP contribution in [0.2, 0.25) is 0 Å². The van der Waals surface area contributed by atoms with Gasteiger partial charge in [0.05, 0.1) is 0 Å². The summed E-state index contributed by atoms with van der Waals surface area (Å²) in [5.41, 5.74) is 0. The summed E-state index contributed by atoms with van der Waals surface area (Å²) in [6.45, 7) is 8.14. The van der Waals surface area contributed by atoms with Gasteiger partial charge in [-0.15, -0.1) is 12.4 Å². The van der Waals surface area contributed by atoms with Gasteiger partial charge in [-0.3, -0.25) is 9.59 Å². The van der Waals surface area contributed by atoms with Crippen molar-refractivity contribution in [3.63, 3.8) is 0 Å². The lowest BCUT2D eigenvalue weighted by atomic mass is 10.0. The third kappa shape index (κ3) is 5.67. The predicted octanol–water partition coefficient (Wildman–Crippen LogP) is 1.31. The van der Waals surface area contributed by atoms with Gasteiger partial charge in [0, 0.05) is 25.6 Å². The van der Waals surface area contributed by atoms with Crippen LogP contribution >= 0.6 is 12.4 Å². The number of piperidine rings is 1. The molecule has 2 amide bonds. The fourth-order valence-corrected chi connectivity index (χ4v) is 2.50. The van der Waals surface area contributed by atoms with E-state index in [0.29, 0.717) is 19.5 Å². The Morgan fingerprint density at radius 1 is 1.30 bits per heavy atom. The predicted molar refractivity (Wildman–Crippen MR) is 83.0 cm³/mol. The molecule has 1 fully saturated rings. The molecule has 0 aromatic carbocycles. The number of nitrogens with zero attached hydrogens (tertiary/aromatic N) is 1. The van der Waals surface area contributed by atoms with E-state index in [4.69, 9.17) is 0 Å². The van der Waals surface area contributed by atoms with Crippen LogP contribution in [0, 0.1) is 0 Å². The van der Waals surface area contributed by atoms with E-state index in [-0.39, 0.29) is 36.3 Å². The van der Waals surface area contributed by atoms with Crippen molar-refractivity contribution < 1.29 is 9.59 Å². The second-order valence-corrected chi connectivity index (χ2v) is 5.16. The number of rotatable bonds is 6. The van der Waals surface area contributed by atoms with Gasteiger partial charge in [0.25, 0.3) is 0 Å². The Balaban J connectivity index is 0.00000361. The van der Waals surface area contributed by atoms with Crippen molar-refractivity contribution in [3.8, 4) is 0 Å². The Kier molecular flexibility index (Phi) is 9.59. The second kappa shape index (κ2) is 10.00. The molecule has 1 aliphatic heterocycles. The highest BCUT2D eigenvalue weighted by Gasteiger charge is 2.31. The van der Waals surface area contributed by atoms with Crippen LogP contribution in [0.4, 0.5) is 0 Å². The summed E-state index contributed by atoms with van der Waals surface area (Å²) in [7, 11) is 0. The molecular formula is C14H28ClN3O2. The molecule has 1 unspecified atom stereocenters. The standard InChI is InChI=1S/C14H27N3O2.ClH/c1-4-13(18)17-9-7-6-8-12(17)14(19)16-10-11(3)15-5-2;/h11-12,15H,4-10H2,1-3H3,(H,16,19);1H/t11-,12?;/m1./s1. The molecule has 1 saturated heterocycles. The van der Waals surface area contributed by atoms with Crippen LogP contribution in [0.25, 0.3) is 0 Å². The summed E-state index contributed by atoms with van der Waals surface area (Å²) in [5, 5.41) is 6.20. The van der Waals surface area contributed by atoms with Crippen molar-refractivity contribution >= 4 is 24.2 Å². The van der Waals surface area contributed by atoms with E-state index in [1.54, 1.807) is 4.90 Å². The lowest BCUT2D eigenvalue weighted by molar-refractivity contribution is -0.142. The van der Waals surface area contributed by atoms with Gasteiger partial charge in [-0.2, -0.15) is 0 Å². The summed E-state index contributed by atoms with van der Waals surface area (Å²) in [5.74, 6) is 0.0748.